The van der Waals surface area contributed by atoms with Crippen molar-refractivity contribution < 1.29 is 47.1 Å². The fourth-order valence-electron chi connectivity index (χ4n) is 5.34. The summed E-state index contributed by atoms with van der Waals surface area (Å²) in [6.07, 6.45) is -3.68. The minimum atomic E-state index is -4.00. The van der Waals surface area contributed by atoms with Crippen molar-refractivity contribution in [3.05, 3.63) is 54.1 Å². The van der Waals surface area contributed by atoms with Crippen LogP contribution in [0, 0.1) is 11.8 Å². The van der Waals surface area contributed by atoms with E-state index in [9.17, 15) is 23.4 Å². The first-order valence-electron chi connectivity index (χ1n) is 14.4. The fourth-order valence-corrected chi connectivity index (χ4v) is 6.96. The quantitative estimate of drug-likeness (QED) is 0.303. The smallest absolute Gasteiger partial charge is 0.407 e. The average molecular weight is 623 g/mol. The first-order valence-corrected chi connectivity index (χ1v) is 15.8. The van der Waals surface area contributed by atoms with Crippen LogP contribution in [0.5, 0.6) is 11.5 Å². The third-order valence-corrected chi connectivity index (χ3v) is 9.45. The van der Waals surface area contributed by atoms with E-state index in [4.69, 9.17) is 23.7 Å². The molecule has 43 heavy (non-hydrogen) atoms. The number of carbonyl (C=O) groups excluding carboxylic acids is 1. The van der Waals surface area contributed by atoms with Gasteiger partial charge in [-0.1, -0.05) is 26.0 Å². The molecule has 2 aromatic rings. The van der Waals surface area contributed by atoms with Crippen molar-refractivity contribution in [2.75, 3.05) is 40.5 Å². The van der Waals surface area contributed by atoms with Gasteiger partial charge in [-0.2, -0.15) is 4.31 Å². The minimum Gasteiger partial charge on any atom is -0.497 e. The third-order valence-electron chi connectivity index (χ3n) is 7.60. The van der Waals surface area contributed by atoms with Crippen LogP contribution in [0.2, 0.25) is 0 Å². The number of fused-ring (bicyclic) bond motifs is 1. The Morgan fingerprint density at radius 3 is 2.26 bits per heavy atom. The molecule has 0 saturated carbocycles. The molecular formula is C30H42N2O10S. The fraction of sp³-hybridized carbons (Fsp3) is 0.567. The van der Waals surface area contributed by atoms with Gasteiger partial charge < -0.3 is 39.2 Å². The number of nitrogens with one attached hydrogen (secondary N) is 1. The van der Waals surface area contributed by atoms with Crippen molar-refractivity contribution >= 4 is 16.1 Å². The monoisotopic (exact) mass is 622 g/mol. The van der Waals surface area contributed by atoms with Crippen molar-refractivity contribution in [3.8, 4) is 11.5 Å². The molecule has 1 amide bonds. The van der Waals surface area contributed by atoms with Gasteiger partial charge in [0.25, 0.3) is 0 Å². The van der Waals surface area contributed by atoms with E-state index in [0.717, 1.165) is 5.56 Å². The number of hydrogen-bond acceptors (Lipinski definition) is 10. The van der Waals surface area contributed by atoms with E-state index < -0.39 is 52.7 Å². The second-order valence-electron chi connectivity index (χ2n) is 11.2. The maximum atomic E-state index is 13.7. The summed E-state index contributed by atoms with van der Waals surface area (Å²) in [4.78, 5) is 13.2. The van der Waals surface area contributed by atoms with Crippen molar-refractivity contribution in [1.29, 1.82) is 0 Å². The van der Waals surface area contributed by atoms with Gasteiger partial charge in [0.15, 0.2) is 6.29 Å². The molecule has 2 aliphatic rings. The number of carbonyl (C=O) groups is 1. The van der Waals surface area contributed by atoms with Crippen LogP contribution in [0.1, 0.15) is 25.8 Å². The Labute approximate surface area is 252 Å². The number of aliphatic hydroxyl groups is 2. The molecule has 0 radical (unpaired) electrons. The standard InChI is InChI=1S/C30H42N2O10S/c1-19(2)16-32(43(36,37)23-11-9-22(39-4)10-12-23)17-25(33)24(15-20-5-7-21(38-3)8-6-20)31-30(35)42-27-13-14-40-29-28(27)26(34)18-41-29/h5-12,19,24-29,33-34H,13-18H2,1-4H3,(H,31,35)/t24-,25+,26-,27-,28-,29-/m0/s1. The Morgan fingerprint density at radius 2 is 1.65 bits per heavy atom. The van der Waals surface area contributed by atoms with Gasteiger partial charge in [-0.05, 0) is 54.3 Å². The molecule has 2 aromatic carbocycles. The number of benzene rings is 2. The van der Waals surface area contributed by atoms with E-state index in [1.807, 2.05) is 13.8 Å². The van der Waals surface area contributed by atoms with Gasteiger partial charge in [0.05, 0.1) is 56.5 Å². The molecule has 12 nitrogen and oxygen atoms in total. The normalized spacial score (nSPS) is 23.4. The molecule has 0 unspecified atom stereocenters. The first-order chi connectivity index (χ1) is 20.5. The summed E-state index contributed by atoms with van der Waals surface area (Å²) in [5.74, 6) is 0.595. The number of hydrogen-bond donors (Lipinski definition) is 3. The third kappa shape index (κ3) is 8.37. The summed E-state index contributed by atoms with van der Waals surface area (Å²) in [5, 5.41) is 24.6. The number of nitrogens with zero attached hydrogens (tertiary/aromatic N) is 1. The highest BCUT2D eigenvalue weighted by molar-refractivity contribution is 7.89. The maximum absolute atomic E-state index is 13.7. The predicted molar refractivity (Wildman–Crippen MR) is 156 cm³/mol. The SMILES string of the molecule is COc1ccc(C[C@H](NC(=O)O[C@H]2CCO[C@H]3OC[C@H](O)[C@H]32)[C@H](O)CN(CC(C)C)S(=O)(=O)c2ccc(OC)cc2)cc1. The zero-order chi connectivity index (χ0) is 31.1. The van der Waals surface area contributed by atoms with E-state index >= 15 is 0 Å². The maximum Gasteiger partial charge on any atom is 0.407 e. The molecular weight excluding hydrogens is 580 g/mol. The van der Waals surface area contributed by atoms with E-state index in [0.29, 0.717) is 24.5 Å². The van der Waals surface area contributed by atoms with Crippen LogP contribution in [0.4, 0.5) is 4.79 Å². The highest BCUT2D eigenvalue weighted by Crippen LogP contribution is 2.33. The molecule has 3 N–H and O–H groups in total. The van der Waals surface area contributed by atoms with Gasteiger partial charge in [-0.25, -0.2) is 13.2 Å². The molecule has 2 aliphatic heterocycles. The first kappa shape index (κ1) is 33.0. The van der Waals surface area contributed by atoms with E-state index in [1.165, 1.54) is 23.5 Å². The van der Waals surface area contributed by atoms with Crippen LogP contribution in [0.15, 0.2) is 53.4 Å². The van der Waals surface area contributed by atoms with E-state index in [2.05, 4.69) is 5.32 Å². The summed E-state index contributed by atoms with van der Waals surface area (Å²) in [5.41, 5.74) is 0.782. The predicted octanol–water partition coefficient (Wildman–Crippen LogP) is 2.17. The Morgan fingerprint density at radius 1 is 1.02 bits per heavy atom. The van der Waals surface area contributed by atoms with Crippen LogP contribution in [0.25, 0.3) is 0 Å². The van der Waals surface area contributed by atoms with Crippen LogP contribution >= 0.6 is 0 Å². The molecule has 2 heterocycles. The number of alkyl carbamates (subject to hydrolysis) is 1. The summed E-state index contributed by atoms with van der Waals surface area (Å²) >= 11 is 0. The van der Waals surface area contributed by atoms with Crippen molar-refractivity contribution in [2.24, 2.45) is 11.8 Å². The van der Waals surface area contributed by atoms with Gasteiger partial charge >= 0.3 is 6.09 Å². The van der Waals surface area contributed by atoms with Crippen LogP contribution in [0.3, 0.4) is 0 Å². The van der Waals surface area contributed by atoms with E-state index in [-0.39, 0.29) is 36.9 Å². The minimum absolute atomic E-state index is 0.0419. The lowest BCUT2D eigenvalue weighted by Gasteiger charge is -2.34. The van der Waals surface area contributed by atoms with Crippen molar-refractivity contribution in [2.45, 2.75) is 62.2 Å². The van der Waals surface area contributed by atoms with Gasteiger partial charge in [0.1, 0.15) is 17.6 Å². The molecule has 0 aromatic heterocycles. The van der Waals surface area contributed by atoms with Crippen LogP contribution in [-0.2, 0) is 30.7 Å². The molecule has 0 bridgehead atoms. The number of ether oxygens (including phenoxy) is 5. The second kappa shape index (κ2) is 14.7. The zero-order valence-electron chi connectivity index (χ0n) is 24.9. The molecule has 2 fully saturated rings. The lowest BCUT2D eigenvalue weighted by atomic mass is 9.93. The summed E-state index contributed by atoms with van der Waals surface area (Å²) in [7, 11) is -0.947. The molecule has 6 atom stereocenters. The Balaban J connectivity index is 1.54. The number of methoxy groups -OCH3 is 2. The Bertz CT molecular complexity index is 1290. The molecule has 0 spiro atoms. The molecule has 2 saturated heterocycles. The van der Waals surface area contributed by atoms with Crippen molar-refractivity contribution in [3.63, 3.8) is 0 Å². The number of aliphatic hydroxyl groups excluding tert-OH is 2. The Hall–Kier alpha value is -2.94. The lowest BCUT2D eigenvalue weighted by Crippen LogP contribution is -2.52. The van der Waals surface area contributed by atoms with Gasteiger partial charge in [-0.15, -0.1) is 0 Å². The molecule has 238 valence electrons. The number of amides is 1. The lowest BCUT2D eigenvalue weighted by molar-refractivity contribution is -0.183. The topological polar surface area (TPSA) is 153 Å². The molecule has 13 heteroatoms. The summed E-state index contributed by atoms with van der Waals surface area (Å²) < 4.78 is 55.7. The van der Waals surface area contributed by atoms with Crippen molar-refractivity contribution in [1.82, 2.24) is 9.62 Å². The summed E-state index contributed by atoms with van der Waals surface area (Å²) in [6, 6.07) is 12.3. The van der Waals surface area contributed by atoms with Gasteiger partial charge in [0, 0.05) is 19.5 Å². The molecule has 0 aliphatic carbocycles. The second-order valence-corrected chi connectivity index (χ2v) is 13.1. The zero-order valence-corrected chi connectivity index (χ0v) is 25.7. The average Bonchev–Trinajstić information content (AvgIpc) is 3.38. The Kier molecular flexibility index (Phi) is 11.3. The van der Waals surface area contributed by atoms with Crippen LogP contribution in [-0.4, -0.2) is 100 Å². The highest BCUT2D eigenvalue weighted by Gasteiger charge is 2.47. The largest absolute Gasteiger partial charge is 0.497 e. The van der Waals surface area contributed by atoms with Crippen LogP contribution < -0.4 is 14.8 Å². The van der Waals surface area contributed by atoms with Gasteiger partial charge in [0.2, 0.25) is 10.0 Å². The molecule has 4 rings (SSSR count). The van der Waals surface area contributed by atoms with Gasteiger partial charge in [-0.3, -0.25) is 0 Å². The number of rotatable bonds is 13. The highest BCUT2D eigenvalue weighted by atomic mass is 32.2. The summed E-state index contributed by atoms with van der Waals surface area (Å²) in [6.45, 7) is 4.03. The van der Waals surface area contributed by atoms with E-state index in [1.54, 1.807) is 43.5 Å². The number of sulfonamides is 1.